The first-order chi connectivity index (χ1) is 12.5. The third-order valence-corrected chi connectivity index (χ3v) is 4.38. The molecular weight excluding hydrogens is 356 g/mol. The van der Waals surface area contributed by atoms with Gasteiger partial charge in [0.1, 0.15) is 18.0 Å². The summed E-state index contributed by atoms with van der Waals surface area (Å²) in [7, 11) is 2.96. The zero-order chi connectivity index (χ0) is 18.8. The lowest BCUT2D eigenvalue weighted by atomic mass is 10.1. The number of halogens is 1. The second-order valence-corrected chi connectivity index (χ2v) is 6.03. The van der Waals surface area contributed by atoms with E-state index in [9.17, 15) is 9.59 Å². The summed E-state index contributed by atoms with van der Waals surface area (Å²) in [6, 6.07) is 10.2. The summed E-state index contributed by atoms with van der Waals surface area (Å²) in [4.78, 5) is 26.3. The number of nitrogens with zero attached hydrogens (tertiary/aromatic N) is 1. The fraction of sp³-hybridized carbons (Fsp3) is 0.158. The van der Waals surface area contributed by atoms with Gasteiger partial charge in [-0.1, -0.05) is 36.4 Å². The molecule has 0 unspecified atom stereocenters. The summed E-state index contributed by atoms with van der Waals surface area (Å²) in [6.07, 6.45) is 0. The van der Waals surface area contributed by atoms with Crippen LogP contribution in [-0.4, -0.2) is 37.5 Å². The predicted molar refractivity (Wildman–Crippen MR) is 99.7 cm³/mol. The van der Waals surface area contributed by atoms with Gasteiger partial charge in [0, 0.05) is 22.9 Å². The second kappa shape index (κ2) is 7.09. The Balaban J connectivity index is 1.77. The molecule has 0 spiro atoms. The van der Waals surface area contributed by atoms with Crippen LogP contribution in [0.5, 0.6) is 11.5 Å². The maximum Gasteiger partial charge on any atom is 0.259 e. The summed E-state index contributed by atoms with van der Waals surface area (Å²) >= 11 is 6.11. The molecule has 1 N–H and O–H groups in total. The average Bonchev–Trinajstić information content (AvgIpc) is 2.87. The molecular formula is C19H17ClN2O4. The number of carbonyl (C=O) groups is 2. The summed E-state index contributed by atoms with van der Waals surface area (Å²) < 4.78 is 10.4. The van der Waals surface area contributed by atoms with Crippen LogP contribution in [0.1, 0.15) is 15.9 Å². The van der Waals surface area contributed by atoms with Crippen molar-refractivity contribution in [3.8, 4) is 11.5 Å². The third-order valence-electron chi connectivity index (χ3n) is 4.09. The van der Waals surface area contributed by atoms with Crippen LogP contribution < -0.4 is 14.8 Å². The molecule has 6 nitrogen and oxygen atoms in total. The van der Waals surface area contributed by atoms with Gasteiger partial charge in [-0.25, -0.2) is 0 Å². The van der Waals surface area contributed by atoms with E-state index >= 15 is 0 Å². The standard InChI is InChI=1S/C19H17ClN2O4/c1-11-12-6-4-5-7-13(12)19(24)22(11)10-18(23)21-15-8-14(20)16(25-2)9-17(15)26-3/h4-9H,1,10H2,2-3H3,(H,21,23). The van der Waals surface area contributed by atoms with Crippen molar-refractivity contribution in [2.45, 2.75) is 0 Å². The lowest BCUT2D eigenvalue weighted by molar-refractivity contribution is -0.116. The minimum atomic E-state index is -0.396. The number of hydrogen-bond donors (Lipinski definition) is 1. The van der Waals surface area contributed by atoms with E-state index in [1.165, 1.54) is 25.2 Å². The highest BCUT2D eigenvalue weighted by Gasteiger charge is 2.32. The Morgan fingerprint density at radius 3 is 2.42 bits per heavy atom. The maximum absolute atomic E-state index is 12.5. The maximum atomic E-state index is 12.5. The summed E-state index contributed by atoms with van der Waals surface area (Å²) in [5, 5.41) is 3.04. The number of rotatable bonds is 5. The first-order valence-corrected chi connectivity index (χ1v) is 8.15. The molecule has 0 radical (unpaired) electrons. The van der Waals surface area contributed by atoms with Gasteiger partial charge >= 0.3 is 0 Å². The van der Waals surface area contributed by atoms with Crippen molar-refractivity contribution in [1.29, 1.82) is 0 Å². The molecule has 0 saturated heterocycles. The van der Waals surface area contributed by atoms with Crippen LogP contribution in [0, 0.1) is 0 Å². The smallest absolute Gasteiger partial charge is 0.259 e. The summed E-state index contributed by atoms with van der Waals surface area (Å²) in [5.41, 5.74) is 2.16. The SMILES string of the molecule is C=C1c2ccccc2C(=O)N1CC(=O)Nc1cc(Cl)c(OC)cc1OC. The van der Waals surface area contributed by atoms with E-state index in [2.05, 4.69) is 11.9 Å². The van der Waals surface area contributed by atoms with Crippen molar-refractivity contribution in [3.05, 3.63) is 59.1 Å². The van der Waals surface area contributed by atoms with Crippen LogP contribution in [0.15, 0.2) is 43.0 Å². The van der Waals surface area contributed by atoms with E-state index in [-0.39, 0.29) is 12.5 Å². The van der Waals surface area contributed by atoms with Gasteiger partial charge in [-0.2, -0.15) is 0 Å². The van der Waals surface area contributed by atoms with Crippen molar-refractivity contribution in [2.75, 3.05) is 26.1 Å². The van der Waals surface area contributed by atoms with Crippen LogP contribution in [0.25, 0.3) is 5.70 Å². The number of fused-ring (bicyclic) bond motifs is 1. The second-order valence-electron chi connectivity index (χ2n) is 5.62. The molecule has 0 saturated carbocycles. The van der Waals surface area contributed by atoms with E-state index in [1.807, 2.05) is 6.07 Å². The fourth-order valence-electron chi connectivity index (χ4n) is 2.79. The Morgan fingerprint density at radius 2 is 1.81 bits per heavy atom. The highest BCUT2D eigenvalue weighted by atomic mass is 35.5. The van der Waals surface area contributed by atoms with E-state index in [0.29, 0.717) is 33.5 Å². The highest BCUT2D eigenvalue weighted by molar-refractivity contribution is 6.32. The number of hydrogen-bond acceptors (Lipinski definition) is 4. The normalized spacial score (nSPS) is 12.8. The molecule has 3 rings (SSSR count). The van der Waals surface area contributed by atoms with Crippen LogP contribution in [0.2, 0.25) is 5.02 Å². The Bertz CT molecular complexity index is 875. The molecule has 26 heavy (non-hydrogen) atoms. The van der Waals surface area contributed by atoms with E-state index < -0.39 is 5.91 Å². The molecule has 2 amide bonds. The van der Waals surface area contributed by atoms with Gasteiger partial charge < -0.3 is 14.8 Å². The number of carbonyl (C=O) groups excluding carboxylic acids is 2. The molecule has 2 aromatic rings. The first-order valence-electron chi connectivity index (χ1n) is 7.77. The highest BCUT2D eigenvalue weighted by Crippen LogP contribution is 2.36. The van der Waals surface area contributed by atoms with Gasteiger partial charge in [0.05, 0.1) is 24.9 Å². The third kappa shape index (κ3) is 3.11. The number of ether oxygens (including phenoxy) is 2. The van der Waals surface area contributed by atoms with Crippen LogP contribution in [0.4, 0.5) is 5.69 Å². The molecule has 1 heterocycles. The van der Waals surface area contributed by atoms with Crippen LogP contribution >= 0.6 is 11.6 Å². The molecule has 1 aliphatic heterocycles. The lowest BCUT2D eigenvalue weighted by Crippen LogP contribution is -2.32. The lowest BCUT2D eigenvalue weighted by Gasteiger charge is -2.18. The summed E-state index contributed by atoms with van der Waals surface area (Å²) in [5.74, 6) is 0.182. The van der Waals surface area contributed by atoms with Crippen molar-refractivity contribution in [3.63, 3.8) is 0 Å². The number of nitrogens with one attached hydrogen (secondary N) is 1. The largest absolute Gasteiger partial charge is 0.495 e. The van der Waals surface area contributed by atoms with Gasteiger partial charge in [0.15, 0.2) is 0 Å². The minimum absolute atomic E-state index is 0.168. The Kier molecular flexibility index (Phi) is 4.86. The minimum Gasteiger partial charge on any atom is -0.495 e. The van der Waals surface area contributed by atoms with E-state index in [4.69, 9.17) is 21.1 Å². The molecule has 7 heteroatoms. The molecule has 0 atom stereocenters. The number of anilines is 1. The molecule has 2 aromatic carbocycles. The quantitative estimate of drug-likeness (QED) is 0.873. The number of methoxy groups -OCH3 is 2. The predicted octanol–water partition coefficient (Wildman–Crippen LogP) is 3.42. The molecule has 0 fully saturated rings. The molecule has 0 aromatic heterocycles. The Labute approximate surface area is 156 Å². The molecule has 0 aliphatic carbocycles. The van der Waals surface area contributed by atoms with Gasteiger partial charge in [0.25, 0.3) is 5.91 Å². The zero-order valence-electron chi connectivity index (χ0n) is 14.3. The van der Waals surface area contributed by atoms with Gasteiger partial charge in [-0.05, 0) is 12.1 Å². The van der Waals surface area contributed by atoms with Crippen molar-refractivity contribution >= 4 is 34.8 Å². The van der Waals surface area contributed by atoms with Gasteiger partial charge in [0.2, 0.25) is 5.91 Å². The van der Waals surface area contributed by atoms with Crippen molar-refractivity contribution in [1.82, 2.24) is 4.90 Å². The first kappa shape index (κ1) is 17.8. The molecule has 134 valence electrons. The fourth-order valence-corrected chi connectivity index (χ4v) is 3.03. The molecule has 0 bridgehead atoms. The van der Waals surface area contributed by atoms with Gasteiger partial charge in [-0.3, -0.25) is 14.5 Å². The Hall–Kier alpha value is -2.99. The topological polar surface area (TPSA) is 67.9 Å². The average molecular weight is 373 g/mol. The monoisotopic (exact) mass is 372 g/mol. The number of benzene rings is 2. The Morgan fingerprint density at radius 1 is 1.15 bits per heavy atom. The van der Waals surface area contributed by atoms with Crippen LogP contribution in [-0.2, 0) is 4.79 Å². The van der Waals surface area contributed by atoms with E-state index in [1.54, 1.807) is 24.3 Å². The summed E-state index contributed by atoms with van der Waals surface area (Å²) in [6.45, 7) is 3.75. The van der Waals surface area contributed by atoms with Gasteiger partial charge in [-0.15, -0.1) is 0 Å². The molecule has 1 aliphatic rings. The van der Waals surface area contributed by atoms with Crippen molar-refractivity contribution in [2.24, 2.45) is 0 Å². The van der Waals surface area contributed by atoms with E-state index in [0.717, 1.165) is 5.56 Å². The van der Waals surface area contributed by atoms with Crippen LogP contribution in [0.3, 0.4) is 0 Å². The number of amides is 2. The van der Waals surface area contributed by atoms with Crippen molar-refractivity contribution < 1.29 is 19.1 Å². The zero-order valence-corrected chi connectivity index (χ0v) is 15.1.